The van der Waals surface area contributed by atoms with E-state index in [9.17, 15) is 18.0 Å². The molecule has 3 heterocycles. The molecular formula is C32H43N3O4S. The maximum atomic E-state index is 13.6. The van der Waals surface area contributed by atoms with Crippen LogP contribution in [0.1, 0.15) is 56.6 Å². The van der Waals surface area contributed by atoms with Gasteiger partial charge in [-0.05, 0) is 67.4 Å². The molecule has 2 amide bonds. The summed E-state index contributed by atoms with van der Waals surface area (Å²) in [6, 6.07) is 17.5. The number of amides is 2. The zero-order chi connectivity index (χ0) is 28.5. The van der Waals surface area contributed by atoms with Crippen LogP contribution in [0.4, 0.5) is 0 Å². The van der Waals surface area contributed by atoms with Crippen molar-refractivity contribution in [1.29, 1.82) is 0 Å². The quantitative estimate of drug-likeness (QED) is 0.480. The molecule has 0 aromatic heterocycles. The highest BCUT2D eigenvalue weighted by Gasteiger charge is 2.48. The SMILES string of the molecule is CC(C)CC(=O)N1CC(CN2CCC3(CC2)CCN(Cc2ccc(S(C)(=O)=O)cc2)C3=O)C(c2ccccc2)C1. The lowest BCUT2D eigenvalue weighted by molar-refractivity contribution is -0.139. The number of piperidine rings is 1. The van der Waals surface area contributed by atoms with E-state index < -0.39 is 9.84 Å². The molecule has 3 saturated heterocycles. The molecule has 0 radical (unpaired) electrons. The van der Waals surface area contributed by atoms with E-state index >= 15 is 0 Å². The van der Waals surface area contributed by atoms with Crippen LogP contribution in [-0.2, 0) is 26.0 Å². The van der Waals surface area contributed by atoms with E-state index in [0.29, 0.717) is 35.6 Å². The van der Waals surface area contributed by atoms with E-state index in [1.165, 1.54) is 11.8 Å². The molecule has 8 heteroatoms. The van der Waals surface area contributed by atoms with Crippen LogP contribution in [0.15, 0.2) is 59.5 Å². The molecule has 0 bridgehead atoms. The van der Waals surface area contributed by atoms with Gasteiger partial charge in [0, 0.05) is 51.3 Å². The minimum absolute atomic E-state index is 0.243. The first-order valence-corrected chi connectivity index (χ1v) is 16.6. The third-order valence-electron chi connectivity index (χ3n) is 9.24. The van der Waals surface area contributed by atoms with Gasteiger partial charge in [0.25, 0.3) is 0 Å². The van der Waals surface area contributed by atoms with Crippen molar-refractivity contribution in [1.82, 2.24) is 14.7 Å². The second-order valence-electron chi connectivity index (χ2n) is 12.6. The Hall–Kier alpha value is -2.71. The molecule has 3 aliphatic rings. The molecular weight excluding hydrogens is 522 g/mol. The van der Waals surface area contributed by atoms with E-state index in [1.54, 1.807) is 12.1 Å². The Kier molecular flexibility index (Phi) is 8.39. The zero-order valence-corrected chi connectivity index (χ0v) is 24.9. The van der Waals surface area contributed by atoms with Crippen LogP contribution < -0.4 is 0 Å². The molecule has 0 aliphatic carbocycles. The third-order valence-corrected chi connectivity index (χ3v) is 10.4. The van der Waals surface area contributed by atoms with Gasteiger partial charge in [-0.3, -0.25) is 9.59 Å². The maximum absolute atomic E-state index is 13.6. The molecule has 3 aliphatic heterocycles. The Morgan fingerprint density at radius 3 is 2.23 bits per heavy atom. The molecule has 0 N–H and O–H groups in total. The molecule has 2 atom stereocenters. The number of nitrogens with zero attached hydrogens (tertiary/aromatic N) is 3. The van der Waals surface area contributed by atoms with Crippen molar-refractivity contribution in [2.24, 2.45) is 17.3 Å². The minimum atomic E-state index is -3.23. The minimum Gasteiger partial charge on any atom is -0.342 e. The lowest BCUT2D eigenvalue weighted by Crippen LogP contribution is -2.46. The molecule has 7 nitrogen and oxygen atoms in total. The zero-order valence-electron chi connectivity index (χ0n) is 24.1. The summed E-state index contributed by atoms with van der Waals surface area (Å²) >= 11 is 0. The third kappa shape index (κ3) is 6.28. The van der Waals surface area contributed by atoms with Crippen molar-refractivity contribution in [2.75, 3.05) is 45.5 Å². The van der Waals surface area contributed by atoms with Gasteiger partial charge in [-0.1, -0.05) is 56.3 Å². The fourth-order valence-electron chi connectivity index (χ4n) is 6.88. The molecule has 5 rings (SSSR count). The van der Waals surface area contributed by atoms with Crippen LogP contribution in [0.25, 0.3) is 0 Å². The number of rotatable bonds is 8. The largest absolute Gasteiger partial charge is 0.342 e. The summed E-state index contributed by atoms with van der Waals surface area (Å²) in [4.78, 5) is 33.4. The van der Waals surface area contributed by atoms with E-state index in [0.717, 1.165) is 64.1 Å². The first kappa shape index (κ1) is 28.8. The predicted octanol–water partition coefficient (Wildman–Crippen LogP) is 4.19. The standard InChI is InChI=1S/C32H43N3O4S/c1-24(2)19-30(36)35-22-27(29(23-35)26-7-5-4-6-8-26)21-33-16-13-32(14-17-33)15-18-34(31(32)37)20-25-9-11-28(12-10-25)40(3,38)39/h4-12,24,27,29H,13-23H2,1-3H3. The van der Waals surface area contributed by atoms with Gasteiger partial charge in [0.05, 0.1) is 10.3 Å². The summed E-state index contributed by atoms with van der Waals surface area (Å²) in [5.74, 6) is 1.59. The van der Waals surface area contributed by atoms with Crippen LogP contribution in [0, 0.1) is 17.3 Å². The summed E-state index contributed by atoms with van der Waals surface area (Å²) in [6.45, 7) is 9.82. The molecule has 2 unspecified atom stereocenters. The van der Waals surface area contributed by atoms with Crippen molar-refractivity contribution >= 4 is 21.7 Å². The number of sulfone groups is 1. The maximum Gasteiger partial charge on any atom is 0.229 e. The van der Waals surface area contributed by atoms with E-state index in [2.05, 4.69) is 47.9 Å². The summed E-state index contributed by atoms with van der Waals surface area (Å²) in [5.41, 5.74) is 1.99. The fourth-order valence-corrected chi connectivity index (χ4v) is 7.51. The van der Waals surface area contributed by atoms with Crippen molar-refractivity contribution < 1.29 is 18.0 Å². The summed E-state index contributed by atoms with van der Waals surface area (Å²) < 4.78 is 23.5. The van der Waals surface area contributed by atoms with Gasteiger partial charge in [0.1, 0.15) is 0 Å². The first-order chi connectivity index (χ1) is 19.0. The van der Waals surface area contributed by atoms with Crippen molar-refractivity contribution in [3.8, 4) is 0 Å². The van der Waals surface area contributed by atoms with Gasteiger partial charge in [0.15, 0.2) is 9.84 Å². The van der Waals surface area contributed by atoms with Crippen LogP contribution >= 0.6 is 0 Å². The summed E-state index contributed by atoms with van der Waals surface area (Å²) in [7, 11) is -3.23. The number of likely N-dealkylation sites (tertiary alicyclic amines) is 3. The van der Waals surface area contributed by atoms with Crippen LogP contribution in [0.5, 0.6) is 0 Å². The van der Waals surface area contributed by atoms with Crippen LogP contribution in [0.3, 0.4) is 0 Å². The molecule has 2 aromatic rings. The Balaban J connectivity index is 1.19. The van der Waals surface area contributed by atoms with Gasteiger partial charge in [0.2, 0.25) is 11.8 Å². The highest BCUT2D eigenvalue weighted by atomic mass is 32.2. The molecule has 2 aromatic carbocycles. The Bertz CT molecular complexity index is 1300. The smallest absolute Gasteiger partial charge is 0.229 e. The Labute approximate surface area is 239 Å². The number of hydrogen-bond donors (Lipinski definition) is 0. The normalized spacial score (nSPS) is 23.4. The molecule has 1 spiro atoms. The predicted molar refractivity (Wildman–Crippen MR) is 156 cm³/mol. The number of carbonyl (C=O) groups is 2. The van der Waals surface area contributed by atoms with Gasteiger partial charge in [-0.25, -0.2) is 8.42 Å². The van der Waals surface area contributed by atoms with Gasteiger partial charge < -0.3 is 14.7 Å². The van der Waals surface area contributed by atoms with E-state index in [4.69, 9.17) is 0 Å². The van der Waals surface area contributed by atoms with Gasteiger partial charge in [-0.2, -0.15) is 0 Å². The van der Waals surface area contributed by atoms with Crippen molar-refractivity contribution in [3.05, 3.63) is 65.7 Å². The molecule has 216 valence electrons. The highest BCUT2D eigenvalue weighted by molar-refractivity contribution is 7.90. The van der Waals surface area contributed by atoms with E-state index in [-0.39, 0.29) is 17.2 Å². The number of hydrogen-bond acceptors (Lipinski definition) is 5. The lowest BCUT2D eigenvalue weighted by Gasteiger charge is -2.39. The van der Waals surface area contributed by atoms with Crippen molar-refractivity contribution in [2.45, 2.75) is 56.9 Å². The van der Waals surface area contributed by atoms with Crippen LogP contribution in [0.2, 0.25) is 0 Å². The fraction of sp³-hybridized carbons (Fsp3) is 0.562. The Morgan fingerprint density at radius 2 is 1.60 bits per heavy atom. The summed E-state index contributed by atoms with van der Waals surface area (Å²) in [6.07, 6.45) is 4.43. The Morgan fingerprint density at radius 1 is 0.950 bits per heavy atom. The van der Waals surface area contributed by atoms with Crippen LogP contribution in [-0.4, -0.2) is 80.5 Å². The average molecular weight is 566 g/mol. The number of carbonyl (C=O) groups excluding carboxylic acids is 2. The topological polar surface area (TPSA) is 78.0 Å². The van der Waals surface area contributed by atoms with E-state index in [1.807, 2.05) is 23.1 Å². The lowest BCUT2D eigenvalue weighted by atomic mass is 9.76. The monoisotopic (exact) mass is 565 g/mol. The molecule has 0 saturated carbocycles. The second kappa shape index (κ2) is 11.6. The second-order valence-corrected chi connectivity index (χ2v) is 14.7. The number of benzene rings is 2. The van der Waals surface area contributed by atoms with Gasteiger partial charge in [-0.15, -0.1) is 0 Å². The molecule has 3 fully saturated rings. The average Bonchev–Trinajstić information content (AvgIpc) is 3.47. The first-order valence-electron chi connectivity index (χ1n) is 14.7. The van der Waals surface area contributed by atoms with Crippen molar-refractivity contribution in [3.63, 3.8) is 0 Å². The van der Waals surface area contributed by atoms with Gasteiger partial charge >= 0.3 is 0 Å². The summed E-state index contributed by atoms with van der Waals surface area (Å²) in [5, 5.41) is 0. The molecule has 40 heavy (non-hydrogen) atoms. The highest BCUT2D eigenvalue weighted by Crippen LogP contribution is 2.43.